The molecule has 0 radical (unpaired) electrons. The maximum absolute atomic E-state index is 11.4. The van der Waals surface area contributed by atoms with Gasteiger partial charge in [0.05, 0.1) is 19.7 Å². The van der Waals surface area contributed by atoms with Crippen LogP contribution in [0.25, 0.3) is 10.9 Å². The first-order chi connectivity index (χ1) is 8.58. The molecule has 1 aromatic carbocycles. The standard InChI is InChI=1S/C14H17NO3/c1-8(16)7-10-9(2)15-14-12(18-4)6-5-11(17-3)13(10)14/h5-6,15H,7H2,1-4H3. The number of aryl methyl sites for hydroxylation is 1. The molecule has 0 aliphatic rings. The first-order valence-electron chi connectivity index (χ1n) is 5.80. The molecule has 1 aromatic heterocycles. The van der Waals surface area contributed by atoms with E-state index in [2.05, 4.69) is 4.98 Å². The van der Waals surface area contributed by atoms with Crippen LogP contribution in [-0.4, -0.2) is 25.0 Å². The molecule has 0 spiro atoms. The number of carbonyl (C=O) groups excluding carboxylic acids is 1. The lowest BCUT2D eigenvalue weighted by Gasteiger charge is -2.07. The van der Waals surface area contributed by atoms with E-state index in [1.807, 2.05) is 19.1 Å². The second kappa shape index (κ2) is 4.72. The molecule has 2 aromatic rings. The van der Waals surface area contributed by atoms with E-state index >= 15 is 0 Å². The summed E-state index contributed by atoms with van der Waals surface area (Å²) >= 11 is 0. The van der Waals surface area contributed by atoms with Crippen LogP contribution >= 0.6 is 0 Å². The lowest BCUT2D eigenvalue weighted by molar-refractivity contribution is -0.116. The van der Waals surface area contributed by atoms with Gasteiger partial charge in [0, 0.05) is 17.5 Å². The Hall–Kier alpha value is -1.97. The maximum Gasteiger partial charge on any atom is 0.143 e. The van der Waals surface area contributed by atoms with Gasteiger partial charge in [0.2, 0.25) is 0 Å². The van der Waals surface area contributed by atoms with E-state index in [1.165, 1.54) is 0 Å². The van der Waals surface area contributed by atoms with E-state index in [0.717, 1.165) is 33.7 Å². The largest absolute Gasteiger partial charge is 0.496 e. The van der Waals surface area contributed by atoms with Gasteiger partial charge in [0.15, 0.2) is 0 Å². The van der Waals surface area contributed by atoms with Crippen LogP contribution in [0.15, 0.2) is 12.1 Å². The van der Waals surface area contributed by atoms with Gasteiger partial charge in [-0.2, -0.15) is 0 Å². The number of nitrogens with one attached hydrogen (secondary N) is 1. The molecule has 0 atom stereocenters. The fourth-order valence-electron chi connectivity index (χ4n) is 2.25. The Morgan fingerprint density at radius 1 is 1.22 bits per heavy atom. The number of aromatic nitrogens is 1. The number of hydrogen-bond acceptors (Lipinski definition) is 3. The number of rotatable bonds is 4. The Kier molecular flexibility index (Phi) is 3.28. The second-order valence-electron chi connectivity index (χ2n) is 4.33. The van der Waals surface area contributed by atoms with Crippen LogP contribution in [0.1, 0.15) is 18.2 Å². The number of fused-ring (bicyclic) bond motifs is 1. The summed E-state index contributed by atoms with van der Waals surface area (Å²) in [6.45, 7) is 3.54. The number of carbonyl (C=O) groups is 1. The molecule has 96 valence electrons. The minimum absolute atomic E-state index is 0.129. The smallest absolute Gasteiger partial charge is 0.143 e. The summed E-state index contributed by atoms with van der Waals surface area (Å²) in [7, 11) is 3.25. The average molecular weight is 247 g/mol. The van der Waals surface area contributed by atoms with E-state index in [9.17, 15) is 4.79 Å². The van der Waals surface area contributed by atoms with Crippen molar-refractivity contribution in [2.75, 3.05) is 14.2 Å². The third kappa shape index (κ3) is 1.94. The highest BCUT2D eigenvalue weighted by Crippen LogP contribution is 2.36. The zero-order valence-corrected chi connectivity index (χ0v) is 11.1. The van der Waals surface area contributed by atoms with E-state index in [4.69, 9.17) is 9.47 Å². The van der Waals surface area contributed by atoms with Crippen molar-refractivity contribution in [3.63, 3.8) is 0 Å². The lowest BCUT2D eigenvalue weighted by Crippen LogP contribution is -1.98. The van der Waals surface area contributed by atoms with Gasteiger partial charge in [-0.25, -0.2) is 0 Å². The van der Waals surface area contributed by atoms with Crippen LogP contribution in [0.2, 0.25) is 0 Å². The zero-order chi connectivity index (χ0) is 13.3. The van der Waals surface area contributed by atoms with Gasteiger partial charge in [0.1, 0.15) is 17.3 Å². The number of Topliss-reactive ketones (excluding diaryl/α,β-unsaturated/α-hetero) is 1. The lowest BCUT2D eigenvalue weighted by atomic mass is 10.0. The first kappa shape index (κ1) is 12.5. The normalized spacial score (nSPS) is 10.7. The average Bonchev–Trinajstić information content (AvgIpc) is 2.65. The number of benzene rings is 1. The first-order valence-corrected chi connectivity index (χ1v) is 5.80. The van der Waals surface area contributed by atoms with Gasteiger partial charge in [-0.15, -0.1) is 0 Å². The van der Waals surface area contributed by atoms with E-state index < -0.39 is 0 Å². The summed E-state index contributed by atoms with van der Waals surface area (Å²) in [5.41, 5.74) is 2.84. The fraction of sp³-hybridized carbons (Fsp3) is 0.357. The molecular weight excluding hydrogens is 230 g/mol. The molecule has 18 heavy (non-hydrogen) atoms. The molecule has 1 heterocycles. The third-order valence-electron chi connectivity index (χ3n) is 3.06. The summed E-state index contributed by atoms with van der Waals surface area (Å²) in [6.07, 6.45) is 0.398. The van der Waals surface area contributed by atoms with Gasteiger partial charge in [-0.1, -0.05) is 0 Å². The van der Waals surface area contributed by atoms with Crippen molar-refractivity contribution in [3.05, 3.63) is 23.4 Å². The quantitative estimate of drug-likeness (QED) is 0.903. The molecule has 0 fully saturated rings. The van der Waals surface area contributed by atoms with Crippen LogP contribution in [0.5, 0.6) is 11.5 Å². The number of ether oxygens (including phenoxy) is 2. The molecule has 1 N–H and O–H groups in total. The highest BCUT2D eigenvalue weighted by Gasteiger charge is 2.17. The molecule has 0 aliphatic heterocycles. The van der Waals surface area contributed by atoms with Gasteiger partial charge in [-0.3, -0.25) is 4.79 Å². The zero-order valence-electron chi connectivity index (χ0n) is 11.1. The van der Waals surface area contributed by atoms with Crippen LogP contribution < -0.4 is 9.47 Å². The van der Waals surface area contributed by atoms with Gasteiger partial charge < -0.3 is 14.5 Å². The van der Waals surface area contributed by atoms with Crippen molar-refractivity contribution in [1.29, 1.82) is 0 Å². The minimum atomic E-state index is 0.129. The van der Waals surface area contributed by atoms with E-state index in [0.29, 0.717) is 6.42 Å². The van der Waals surface area contributed by atoms with Crippen molar-refractivity contribution < 1.29 is 14.3 Å². The van der Waals surface area contributed by atoms with Gasteiger partial charge >= 0.3 is 0 Å². The summed E-state index contributed by atoms with van der Waals surface area (Å²) < 4.78 is 10.7. The highest BCUT2D eigenvalue weighted by atomic mass is 16.5. The summed E-state index contributed by atoms with van der Waals surface area (Å²) in [5.74, 6) is 1.64. The SMILES string of the molecule is COc1ccc(OC)c2c(CC(C)=O)c(C)[nH]c12. The van der Waals surface area contributed by atoms with Crippen molar-refractivity contribution in [1.82, 2.24) is 4.98 Å². The molecule has 0 saturated carbocycles. The van der Waals surface area contributed by atoms with Crippen molar-refractivity contribution in [2.24, 2.45) is 0 Å². The predicted molar refractivity (Wildman–Crippen MR) is 70.5 cm³/mol. The van der Waals surface area contributed by atoms with Crippen LogP contribution in [0.4, 0.5) is 0 Å². The molecule has 0 amide bonds. The molecule has 0 aliphatic carbocycles. The van der Waals surface area contributed by atoms with Gasteiger partial charge in [-0.05, 0) is 31.5 Å². The van der Waals surface area contributed by atoms with E-state index in [1.54, 1.807) is 21.1 Å². The Balaban J connectivity index is 2.77. The number of H-pyrrole nitrogens is 1. The van der Waals surface area contributed by atoms with Gasteiger partial charge in [0.25, 0.3) is 0 Å². The van der Waals surface area contributed by atoms with Crippen molar-refractivity contribution >= 4 is 16.7 Å². The number of methoxy groups -OCH3 is 2. The summed E-state index contributed by atoms with van der Waals surface area (Å²) in [5, 5.41) is 0.935. The Labute approximate surface area is 106 Å². The fourth-order valence-corrected chi connectivity index (χ4v) is 2.25. The number of aromatic amines is 1. The predicted octanol–water partition coefficient (Wildman–Crippen LogP) is 2.63. The number of ketones is 1. The van der Waals surface area contributed by atoms with Crippen molar-refractivity contribution in [3.8, 4) is 11.5 Å². The Morgan fingerprint density at radius 2 is 1.83 bits per heavy atom. The second-order valence-corrected chi connectivity index (χ2v) is 4.33. The van der Waals surface area contributed by atoms with Crippen molar-refractivity contribution in [2.45, 2.75) is 20.3 Å². The molecule has 4 heteroatoms. The van der Waals surface area contributed by atoms with Crippen LogP contribution in [0, 0.1) is 6.92 Å². The number of hydrogen-bond donors (Lipinski definition) is 1. The molecule has 4 nitrogen and oxygen atoms in total. The maximum atomic E-state index is 11.4. The third-order valence-corrected chi connectivity index (χ3v) is 3.06. The molecular formula is C14H17NO3. The summed E-state index contributed by atoms with van der Waals surface area (Å²) in [6, 6.07) is 3.72. The molecule has 0 saturated heterocycles. The topological polar surface area (TPSA) is 51.3 Å². The molecule has 2 rings (SSSR count). The Bertz CT molecular complexity index is 599. The molecule has 0 unspecified atom stereocenters. The van der Waals surface area contributed by atoms with Crippen LogP contribution in [-0.2, 0) is 11.2 Å². The summed E-state index contributed by atoms with van der Waals surface area (Å²) in [4.78, 5) is 14.6. The Morgan fingerprint density at radius 3 is 2.39 bits per heavy atom. The molecule has 0 bridgehead atoms. The van der Waals surface area contributed by atoms with E-state index in [-0.39, 0.29) is 5.78 Å². The highest BCUT2D eigenvalue weighted by molar-refractivity contribution is 5.97. The monoisotopic (exact) mass is 247 g/mol. The van der Waals surface area contributed by atoms with Crippen LogP contribution in [0.3, 0.4) is 0 Å². The minimum Gasteiger partial charge on any atom is -0.496 e.